The van der Waals surface area contributed by atoms with Crippen molar-refractivity contribution >= 4 is 50.9 Å². The van der Waals surface area contributed by atoms with Crippen molar-refractivity contribution in [1.29, 1.82) is 0 Å². The van der Waals surface area contributed by atoms with E-state index < -0.39 is 23.8 Å². The van der Waals surface area contributed by atoms with Gasteiger partial charge in [0.05, 0.1) is 40.2 Å². The first kappa shape index (κ1) is 25.7. The van der Waals surface area contributed by atoms with Crippen molar-refractivity contribution in [3.8, 4) is 0 Å². The molecule has 2 heterocycles. The molecule has 1 aliphatic carbocycles. The fraction of sp³-hybridized carbons (Fsp3) is 0.111. The van der Waals surface area contributed by atoms with E-state index in [9.17, 15) is 19.5 Å². The highest BCUT2D eigenvalue weighted by atomic mass is 16.3. The summed E-state index contributed by atoms with van der Waals surface area (Å²) in [6, 6.07) is 26.1. The summed E-state index contributed by atoms with van der Waals surface area (Å²) in [4.78, 5) is 47.2. The Balaban J connectivity index is 1.33. The second-order valence-corrected chi connectivity index (χ2v) is 10.6. The number of aromatic nitrogens is 1. The van der Waals surface area contributed by atoms with Crippen molar-refractivity contribution in [2.24, 2.45) is 0 Å². The van der Waals surface area contributed by atoms with Crippen molar-refractivity contribution in [3.05, 3.63) is 136 Å². The third-order valence-electron chi connectivity index (χ3n) is 8.22. The number of aliphatic hydroxyl groups is 1. The highest BCUT2D eigenvalue weighted by molar-refractivity contribution is 6.27. The van der Waals surface area contributed by atoms with Crippen LogP contribution in [0.4, 0.5) is 0 Å². The molecule has 204 valence electrons. The molecule has 6 heteroatoms. The second-order valence-electron chi connectivity index (χ2n) is 10.6. The van der Waals surface area contributed by atoms with Crippen LogP contribution in [0.3, 0.4) is 0 Å². The predicted octanol–water partition coefficient (Wildman–Crippen LogP) is 7.09. The molecule has 2 unspecified atom stereocenters. The number of hydrogen-bond acceptors (Lipinski definition) is 5. The Hall–Kier alpha value is -5.20. The van der Waals surface area contributed by atoms with Crippen molar-refractivity contribution in [2.75, 3.05) is 0 Å². The zero-order valence-corrected chi connectivity index (χ0v) is 23.0. The second kappa shape index (κ2) is 9.72. The standard InChI is InChI=1S/C36H26N2O4/c1-3-9-20-14-15-29(31-33(39)25-16-21-10-5-6-11-22(21)17-26(25)34(31)40)37-32(20)30(4-2)38-35(41)27-18-23-12-7-8-13-24(23)19-28(27)36(38)42/h3-19,31,33,39H,1-2H3/b9-3+,30-4+. The number of amides is 2. The van der Waals surface area contributed by atoms with Crippen LogP contribution >= 0.6 is 0 Å². The molecule has 0 saturated carbocycles. The number of ketones is 1. The molecule has 42 heavy (non-hydrogen) atoms. The van der Waals surface area contributed by atoms with E-state index in [-0.39, 0.29) is 5.78 Å². The Labute approximate surface area is 242 Å². The molecule has 2 amide bonds. The highest BCUT2D eigenvalue weighted by Gasteiger charge is 2.42. The molecule has 5 aromatic rings. The fourth-order valence-electron chi connectivity index (χ4n) is 6.20. The largest absolute Gasteiger partial charge is 0.387 e. The monoisotopic (exact) mass is 550 g/mol. The molecule has 7 rings (SSSR count). The maximum Gasteiger partial charge on any atom is 0.266 e. The number of allylic oxidation sites excluding steroid dienone is 2. The Morgan fingerprint density at radius 3 is 1.86 bits per heavy atom. The Bertz CT molecular complexity index is 2000. The number of benzene rings is 4. The average Bonchev–Trinajstić information content (AvgIpc) is 3.39. The molecule has 1 aromatic heterocycles. The van der Waals surface area contributed by atoms with Crippen molar-refractivity contribution in [1.82, 2.24) is 9.88 Å². The van der Waals surface area contributed by atoms with Gasteiger partial charge in [-0.25, -0.2) is 9.88 Å². The van der Waals surface area contributed by atoms with Gasteiger partial charge in [-0.2, -0.15) is 0 Å². The number of Topliss-reactive ketones (excluding diaryl/α,β-unsaturated/α-hetero) is 1. The topological polar surface area (TPSA) is 87.6 Å². The summed E-state index contributed by atoms with van der Waals surface area (Å²) in [6.45, 7) is 3.62. The minimum atomic E-state index is -1.08. The highest BCUT2D eigenvalue weighted by Crippen LogP contribution is 2.44. The number of pyridine rings is 1. The number of aliphatic hydroxyl groups excluding tert-OH is 1. The Kier molecular flexibility index (Phi) is 5.96. The van der Waals surface area contributed by atoms with Gasteiger partial charge in [0.15, 0.2) is 5.78 Å². The minimum absolute atomic E-state index is 0.213. The van der Waals surface area contributed by atoms with E-state index in [2.05, 4.69) is 0 Å². The maximum atomic E-state index is 13.7. The number of rotatable bonds is 4. The van der Waals surface area contributed by atoms with Gasteiger partial charge in [-0.1, -0.05) is 72.8 Å². The molecule has 0 bridgehead atoms. The first-order valence-electron chi connectivity index (χ1n) is 13.9. The lowest BCUT2D eigenvalue weighted by molar-refractivity contribution is 0.0733. The zero-order chi connectivity index (χ0) is 29.1. The van der Waals surface area contributed by atoms with E-state index in [0.29, 0.717) is 44.9 Å². The van der Waals surface area contributed by atoms with Gasteiger partial charge in [0.2, 0.25) is 0 Å². The summed E-state index contributed by atoms with van der Waals surface area (Å²) in [5.41, 5.74) is 3.49. The number of fused-ring (bicyclic) bond motifs is 4. The van der Waals surface area contributed by atoms with Crippen molar-refractivity contribution in [3.63, 3.8) is 0 Å². The van der Waals surface area contributed by atoms with Gasteiger partial charge < -0.3 is 5.11 Å². The van der Waals surface area contributed by atoms with Gasteiger partial charge in [-0.3, -0.25) is 14.4 Å². The van der Waals surface area contributed by atoms with Crippen LogP contribution in [0, 0.1) is 0 Å². The summed E-state index contributed by atoms with van der Waals surface area (Å²) >= 11 is 0. The lowest BCUT2D eigenvalue weighted by Crippen LogP contribution is -2.29. The first-order chi connectivity index (χ1) is 20.4. The first-order valence-corrected chi connectivity index (χ1v) is 13.9. The molecule has 0 spiro atoms. The molecule has 2 atom stereocenters. The number of nitrogens with zero attached hydrogens (tertiary/aromatic N) is 2. The number of imide groups is 1. The Morgan fingerprint density at radius 2 is 1.31 bits per heavy atom. The molecule has 1 aliphatic heterocycles. The van der Waals surface area contributed by atoms with E-state index in [1.54, 1.807) is 31.2 Å². The fourth-order valence-corrected chi connectivity index (χ4v) is 6.20. The zero-order valence-electron chi connectivity index (χ0n) is 23.0. The van der Waals surface area contributed by atoms with Crippen LogP contribution in [0.25, 0.3) is 33.3 Å². The summed E-state index contributed by atoms with van der Waals surface area (Å²) in [6.07, 6.45) is 4.30. The lowest BCUT2D eigenvalue weighted by atomic mass is 9.96. The lowest BCUT2D eigenvalue weighted by Gasteiger charge is -2.21. The molecule has 6 nitrogen and oxygen atoms in total. The van der Waals surface area contributed by atoms with Crippen LogP contribution in [0.5, 0.6) is 0 Å². The van der Waals surface area contributed by atoms with Gasteiger partial charge in [-0.05, 0) is 71.3 Å². The molecule has 2 aliphatic rings. The molecule has 1 N–H and O–H groups in total. The number of hydrogen-bond donors (Lipinski definition) is 1. The van der Waals surface area contributed by atoms with Crippen molar-refractivity contribution < 1.29 is 19.5 Å². The van der Waals surface area contributed by atoms with E-state index in [4.69, 9.17) is 4.98 Å². The third kappa shape index (κ3) is 3.76. The van der Waals surface area contributed by atoms with E-state index in [1.807, 2.05) is 85.8 Å². The molecule has 4 aromatic carbocycles. The van der Waals surface area contributed by atoms with Crippen LogP contribution < -0.4 is 0 Å². The number of carbonyl (C=O) groups excluding carboxylic acids is 3. The summed E-state index contributed by atoms with van der Waals surface area (Å²) < 4.78 is 0. The Morgan fingerprint density at radius 1 is 0.762 bits per heavy atom. The van der Waals surface area contributed by atoms with Crippen molar-refractivity contribution in [2.45, 2.75) is 25.9 Å². The summed E-state index contributed by atoms with van der Waals surface area (Å²) in [5, 5.41) is 15.0. The normalized spacial score (nSPS) is 18.5. The van der Waals surface area contributed by atoms with Crippen LogP contribution in [0.15, 0.2) is 97.1 Å². The minimum Gasteiger partial charge on any atom is -0.387 e. The quantitative estimate of drug-likeness (QED) is 0.241. The van der Waals surface area contributed by atoms with E-state index in [1.165, 1.54) is 0 Å². The van der Waals surface area contributed by atoms with Gasteiger partial charge in [0.25, 0.3) is 11.8 Å². The van der Waals surface area contributed by atoms with Gasteiger partial charge in [-0.15, -0.1) is 0 Å². The van der Waals surface area contributed by atoms with Gasteiger partial charge >= 0.3 is 0 Å². The summed E-state index contributed by atoms with van der Waals surface area (Å²) in [7, 11) is 0. The van der Waals surface area contributed by atoms with Gasteiger partial charge in [0, 0.05) is 11.1 Å². The SMILES string of the molecule is C/C=C/c1ccc(C2C(=O)c3cc4ccccc4cc3C2O)nc1/C(=C\C)N1C(=O)c2cc3ccccc3cc2C1=O. The molecule has 0 saturated heterocycles. The summed E-state index contributed by atoms with van der Waals surface area (Å²) in [5.74, 6) is -1.98. The maximum absolute atomic E-state index is 13.7. The van der Waals surface area contributed by atoms with E-state index in [0.717, 1.165) is 26.4 Å². The molecular formula is C36H26N2O4. The average molecular weight is 551 g/mol. The smallest absolute Gasteiger partial charge is 0.266 e. The van der Waals surface area contributed by atoms with E-state index >= 15 is 0 Å². The van der Waals surface area contributed by atoms with Gasteiger partial charge in [0.1, 0.15) is 0 Å². The van der Waals surface area contributed by atoms with Crippen LogP contribution in [-0.2, 0) is 0 Å². The number of carbonyl (C=O) groups is 3. The van der Waals surface area contributed by atoms with Crippen LogP contribution in [-0.4, -0.2) is 32.6 Å². The molecular weight excluding hydrogens is 524 g/mol. The van der Waals surface area contributed by atoms with Crippen LogP contribution in [0.1, 0.15) is 79.5 Å². The third-order valence-corrected chi connectivity index (χ3v) is 8.22. The molecule has 0 radical (unpaired) electrons. The predicted molar refractivity (Wildman–Crippen MR) is 163 cm³/mol. The van der Waals surface area contributed by atoms with Crippen LogP contribution in [0.2, 0.25) is 0 Å². The molecule has 0 fully saturated rings.